The molecule has 2 heterocycles. The summed E-state index contributed by atoms with van der Waals surface area (Å²) in [6, 6.07) is 15.3. The molecule has 0 aliphatic carbocycles. The number of para-hydroxylation sites is 1. The van der Waals surface area contributed by atoms with Crippen LogP contribution < -0.4 is 4.74 Å². The summed E-state index contributed by atoms with van der Waals surface area (Å²) in [5.74, 6) is -1.31. The van der Waals surface area contributed by atoms with E-state index in [-0.39, 0.29) is 16.4 Å². The van der Waals surface area contributed by atoms with Gasteiger partial charge in [0.2, 0.25) is 0 Å². The highest BCUT2D eigenvalue weighted by molar-refractivity contribution is 7.90. The van der Waals surface area contributed by atoms with Gasteiger partial charge in [0.15, 0.2) is 6.61 Å². The minimum absolute atomic E-state index is 0.0124. The summed E-state index contributed by atoms with van der Waals surface area (Å²) in [6.45, 7) is 2.27. The smallest absolute Gasteiger partial charge is 0.327 e. The lowest BCUT2D eigenvalue weighted by Crippen LogP contribution is -2.50. The average molecular weight is 488 g/mol. The highest BCUT2D eigenvalue weighted by Gasteiger charge is 2.42. The molecule has 0 N–H and O–H groups in total. The lowest BCUT2D eigenvalue weighted by atomic mass is 10.2. The predicted octanol–water partition coefficient (Wildman–Crippen LogP) is 0.598. The fraction of sp³-hybridized carbons (Fsp3) is 0.348. The fourth-order valence-corrected chi connectivity index (χ4v) is 5.33. The van der Waals surface area contributed by atoms with E-state index < -0.39 is 35.1 Å². The SMILES string of the molecule is O=C(CN1C(=O)c2ccccc2S1(=O)=O)OCC(=O)N1CCN(CCOc2ccccc2)CC1. The summed E-state index contributed by atoms with van der Waals surface area (Å²) in [6.07, 6.45) is 0. The number of piperazine rings is 1. The van der Waals surface area contributed by atoms with Crippen LogP contribution in [0.4, 0.5) is 0 Å². The standard InChI is InChI=1S/C23H25N3O7S/c27-21(25-12-10-24(11-13-25)14-15-32-18-6-2-1-3-7-18)17-33-22(28)16-26-23(29)19-8-4-5-9-20(19)34(26,30)31/h1-9H,10-17H2. The molecule has 0 atom stereocenters. The molecule has 1 saturated heterocycles. The molecule has 11 heteroatoms. The molecule has 2 aliphatic heterocycles. The van der Waals surface area contributed by atoms with Crippen molar-refractivity contribution in [1.29, 1.82) is 0 Å². The Bertz CT molecular complexity index is 1160. The molecule has 0 radical (unpaired) electrons. The van der Waals surface area contributed by atoms with Gasteiger partial charge >= 0.3 is 5.97 Å². The molecule has 0 bridgehead atoms. The normalized spacial score (nSPS) is 17.4. The third-order valence-electron chi connectivity index (χ3n) is 5.69. The number of carbonyl (C=O) groups is 3. The number of nitrogens with zero attached hydrogens (tertiary/aromatic N) is 3. The van der Waals surface area contributed by atoms with Crippen molar-refractivity contribution in [2.75, 3.05) is 52.5 Å². The molecule has 34 heavy (non-hydrogen) atoms. The van der Waals surface area contributed by atoms with Crippen LogP contribution in [-0.2, 0) is 24.3 Å². The zero-order valence-corrected chi connectivity index (χ0v) is 19.3. The summed E-state index contributed by atoms with van der Waals surface area (Å²) < 4.78 is 36.2. The Kier molecular flexibility index (Phi) is 7.13. The van der Waals surface area contributed by atoms with Crippen LogP contribution in [0.1, 0.15) is 10.4 Å². The van der Waals surface area contributed by atoms with E-state index in [1.54, 1.807) is 11.0 Å². The van der Waals surface area contributed by atoms with Crippen molar-refractivity contribution < 1.29 is 32.3 Å². The van der Waals surface area contributed by atoms with Crippen molar-refractivity contribution in [3.05, 3.63) is 60.2 Å². The van der Waals surface area contributed by atoms with E-state index in [1.165, 1.54) is 18.2 Å². The third kappa shape index (κ3) is 5.20. The highest BCUT2D eigenvalue weighted by Crippen LogP contribution is 2.29. The second-order valence-electron chi connectivity index (χ2n) is 7.86. The van der Waals surface area contributed by atoms with E-state index >= 15 is 0 Å². The van der Waals surface area contributed by atoms with Crippen molar-refractivity contribution in [2.45, 2.75) is 4.90 Å². The molecule has 180 valence electrons. The van der Waals surface area contributed by atoms with Gasteiger partial charge in [0.25, 0.3) is 21.8 Å². The number of hydrogen-bond acceptors (Lipinski definition) is 8. The van der Waals surface area contributed by atoms with E-state index in [1.807, 2.05) is 30.3 Å². The number of carbonyl (C=O) groups excluding carboxylic acids is 3. The number of amides is 2. The molecule has 0 spiro atoms. The van der Waals surface area contributed by atoms with Crippen molar-refractivity contribution in [1.82, 2.24) is 14.1 Å². The molecular weight excluding hydrogens is 462 g/mol. The second-order valence-corrected chi connectivity index (χ2v) is 9.69. The molecule has 4 rings (SSSR count). The Balaban J connectivity index is 1.18. The third-order valence-corrected chi connectivity index (χ3v) is 7.47. The minimum atomic E-state index is -4.11. The number of ether oxygens (including phenoxy) is 2. The molecule has 2 aromatic rings. The second kappa shape index (κ2) is 10.2. The Morgan fingerprint density at radius 1 is 0.912 bits per heavy atom. The van der Waals surface area contributed by atoms with Crippen LogP contribution in [0.5, 0.6) is 5.75 Å². The van der Waals surface area contributed by atoms with Gasteiger partial charge in [0, 0.05) is 32.7 Å². The number of esters is 1. The first-order valence-corrected chi connectivity index (χ1v) is 12.3. The molecule has 0 aromatic heterocycles. The van der Waals surface area contributed by atoms with E-state index in [9.17, 15) is 22.8 Å². The lowest BCUT2D eigenvalue weighted by Gasteiger charge is -2.34. The van der Waals surface area contributed by atoms with E-state index in [0.29, 0.717) is 37.1 Å². The van der Waals surface area contributed by atoms with E-state index in [2.05, 4.69) is 4.90 Å². The van der Waals surface area contributed by atoms with Gasteiger partial charge in [-0.1, -0.05) is 30.3 Å². The number of fused-ring (bicyclic) bond motifs is 1. The summed E-state index contributed by atoms with van der Waals surface area (Å²) in [5, 5.41) is 0. The van der Waals surface area contributed by atoms with Crippen LogP contribution in [0.25, 0.3) is 0 Å². The first-order chi connectivity index (χ1) is 16.4. The number of benzene rings is 2. The van der Waals surface area contributed by atoms with Crippen LogP contribution in [0, 0.1) is 0 Å². The van der Waals surface area contributed by atoms with Crippen molar-refractivity contribution in [3.63, 3.8) is 0 Å². The van der Waals surface area contributed by atoms with Crippen LogP contribution in [0.3, 0.4) is 0 Å². The Labute approximate surface area is 197 Å². The van der Waals surface area contributed by atoms with Gasteiger partial charge in [0.1, 0.15) is 23.8 Å². The van der Waals surface area contributed by atoms with Crippen molar-refractivity contribution >= 4 is 27.8 Å². The number of sulfonamides is 1. The van der Waals surface area contributed by atoms with Crippen molar-refractivity contribution in [3.8, 4) is 5.75 Å². The largest absolute Gasteiger partial charge is 0.492 e. The van der Waals surface area contributed by atoms with E-state index in [0.717, 1.165) is 12.3 Å². The maximum Gasteiger partial charge on any atom is 0.327 e. The maximum absolute atomic E-state index is 12.5. The summed E-state index contributed by atoms with van der Waals surface area (Å²) in [4.78, 5) is 40.6. The average Bonchev–Trinajstić information content (AvgIpc) is 3.04. The first kappa shape index (κ1) is 23.7. The predicted molar refractivity (Wildman–Crippen MR) is 121 cm³/mol. The van der Waals surface area contributed by atoms with Crippen LogP contribution in [0.15, 0.2) is 59.5 Å². The van der Waals surface area contributed by atoms with Crippen LogP contribution >= 0.6 is 0 Å². The molecule has 2 amide bonds. The first-order valence-electron chi connectivity index (χ1n) is 10.9. The fourth-order valence-electron chi connectivity index (χ4n) is 3.81. The Hall–Kier alpha value is -3.44. The quantitative estimate of drug-likeness (QED) is 0.498. The van der Waals surface area contributed by atoms with Gasteiger partial charge in [-0.3, -0.25) is 19.3 Å². The monoisotopic (exact) mass is 487 g/mol. The van der Waals surface area contributed by atoms with Gasteiger partial charge in [-0.2, -0.15) is 0 Å². The van der Waals surface area contributed by atoms with Gasteiger partial charge in [0.05, 0.1) is 5.56 Å². The zero-order valence-electron chi connectivity index (χ0n) is 18.5. The van der Waals surface area contributed by atoms with Gasteiger partial charge in [-0.05, 0) is 24.3 Å². The summed E-state index contributed by atoms with van der Waals surface area (Å²) in [7, 11) is -4.11. The minimum Gasteiger partial charge on any atom is -0.492 e. The van der Waals surface area contributed by atoms with Crippen molar-refractivity contribution in [2.24, 2.45) is 0 Å². The molecule has 0 unspecified atom stereocenters. The van der Waals surface area contributed by atoms with E-state index in [4.69, 9.17) is 9.47 Å². The molecule has 10 nitrogen and oxygen atoms in total. The van der Waals surface area contributed by atoms with Crippen LogP contribution in [0.2, 0.25) is 0 Å². The van der Waals surface area contributed by atoms with Gasteiger partial charge in [-0.25, -0.2) is 12.7 Å². The van der Waals surface area contributed by atoms with Crippen LogP contribution in [-0.4, -0.2) is 92.8 Å². The van der Waals surface area contributed by atoms with Gasteiger partial charge in [-0.15, -0.1) is 0 Å². The lowest BCUT2D eigenvalue weighted by molar-refractivity contribution is -0.152. The molecule has 2 aliphatic rings. The van der Waals surface area contributed by atoms with Gasteiger partial charge < -0.3 is 14.4 Å². The molecule has 1 fully saturated rings. The maximum atomic E-state index is 12.5. The molecular formula is C23H25N3O7S. The number of rotatable bonds is 8. The number of hydrogen-bond donors (Lipinski definition) is 0. The summed E-state index contributed by atoms with van der Waals surface area (Å²) in [5.41, 5.74) is 0.0124. The topological polar surface area (TPSA) is 114 Å². The highest BCUT2D eigenvalue weighted by atomic mass is 32.2. The molecule has 2 aromatic carbocycles. The Morgan fingerprint density at radius 3 is 2.29 bits per heavy atom. The zero-order chi connectivity index (χ0) is 24.1. The molecule has 0 saturated carbocycles. The Morgan fingerprint density at radius 2 is 1.59 bits per heavy atom. The summed E-state index contributed by atoms with van der Waals surface area (Å²) >= 11 is 0.